The number of ether oxygens (including phenoxy) is 1. The molecule has 0 atom stereocenters. The van der Waals surface area contributed by atoms with Gasteiger partial charge in [-0.05, 0) is 12.5 Å². The Morgan fingerprint density at radius 3 is 2.75 bits per heavy atom. The summed E-state index contributed by atoms with van der Waals surface area (Å²) in [4.78, 5) is 13.7. The first-order valence-electron chi connectivity index (χ1n) is 6.00. The van der Waals surface area contributed by atoms with Crippen molar-refractivity contribution in [3.05, 3.63) is 30.0 Å². The Morgan fingerprint density at radius 1 is 1.50 bits per heavy atom. The molecule has 0 fully saturated rings. The molecule has 1 heterocycles. The summed E-state index contributed by atoms with van der Waals surface area (Å²) in [6.45, 7) is 5.61. The highest BCUT2D eigenvalue weighted by atomic mass is 19.4. The van der Waals surface area contributed by atoms with Gasteiger partial charge in [-0.15, -0.1) is 0 Å². The lowest BCUT2D eigenvalue weighted by atomic mass is 10.1. The lowest BCUT2D eigenvalue weighted by Crippen LogP contribution is -2.17. The van der Waals surface area contributed by atoms with Gasteiger partial charge in [-0.2, -0.15) is 13.2 Å². The molecule has 7 heteroatoms. The van der Waals surface area contributed by atoms with Crippen molar-refractivity contribution in [2.24, 2.45) is 0 Å². The van der Waals surface area contributed by atoms with E-state index in [4.69, 9.17) is 4.74 Å². The molecule has 0 saturated heterocycles. The van der Waals surface area contributed by atoms with E-state index in [1.165, 1.54) is 12.1 Å². The van der Waals surface area contributed by atoms with Crippen LogP contribution in [0.25, 0.3) is 5.70 Å². The number of hydrogen-bond acceptors (Lipinski definition) is 3. The molecule has 20 heavy (non-hydrogen) atoms. The Labute approximate surface area is 114 Å². The van der Waals surface area contributed by atoms with E-state index in [1.807, 2.05) is 6.92 Å². The van der Waals surface area contributed by atoms with Gasteiger partial charge in [-0.25, -0.2) is 4.98 Å². The average Bonchev–Trinajstić information content (AvgIpc) is 2.38. The van der Waals surface area contributed by atoms with Crippen LogP contribution < -0.4 is 10.1 Å². The fourth-order valence-corrected chi connectivity index (χ4v) is 1.45. The number of alkyl halides is 3. The molecule has 0 aliphatic carbocycles. The van der Waals surface area contributed by atoms with Gasteiger partial charge >= 0.3 is 6.18 Å². The van der Waals surface area contributed by atoms with Gasteiger partial charge in [0.05, 0.1) is 6.61 Å². The van der Waals surface area contributed by atoms with Crippen molar-refractivity contribution in [2.45, 2.75) is 25.9 Å². The zero-order chi connectivity index (χ0) is 15.2. The monoisotopic (exact) mass is 288 g/mol. The molecule has 1 amide bonds. The van der Waals surface area contributed by atoms with Crippen molar-refractivity contribution in [2.75, 3.05) is 6.61 Å². The molecular weight excluding hydrogens is 273 g/mol. The first-order chi connectivity index (χ1) is 9.40. The summed E-state index contributed by atoms with van der Waals surface area (Å²) >= 11 is 0. The number of aromatic nitrogens is 1. The van der Waals surface area contributed by atoms with E-state index in [9.17, 15) is 18.0 Å². The molecule has 0 unspecified atom stereocenters. The molecule has 1 rings (SSSR count). The summed E-state index contributed by atoms with van der Waals surface area (Å²) in [5, 5.41) is 2.09. The zero-order valence-corrected chi connectivity index (χ0v) is 11.0. The van der Waals surface area contributed by atoms with Crippen LogP contribution in [0.3, 0.4) is 0 Å². The van der Waals surface area contributed by atoms with Crippen LogP contribution >= 0.6 is 0 Å². The molecule has 1 aromatic rings. The largest absolute Gasteiger partial charge is 0.478 e. The lowest BCUT2D eigenvalue weighted by molar-refractivity contribution is -0.141. The molecular formula is C13H15F3N2O2. The maximum atomic E-state index is 12.9. The Morgan fingerprint density at radius 2 is 2.20 bits per heavy atom. The third-order valence-electron chi connectivity index (χ3n) is 2.44. The average molecular weight is 288 g/mol. The quantitative estimate of drug-likeness (QED) is 0.620. The number of nitrogens with zero attached hydrogens (tertiary/aromatic N) is 1. The number of amides is 1. The second-order valence-electron chi connectivity index (χ2n) is 3.99. The van der Waals surface area contributed by atoms with Gasteiger partial charge in [0.1, 0.15) is 0 Å². The molecule has 4 nitrogen and oxygen atoms in total. The van der Waals surface area contributed by atoms with Gasteiger partial charge in [0.2, 0.25) is 12.3 Å². The van der Waals surface area contributed by atoms with Crippen molar-refractivity contribution >= 4 is 12.1 Å². The Kier molecular flexibility index (Phi) is 5.54. The van der Waals surface area contributed by atoms with Crippen molar-refractivity contribution in [1.82, 2.24) is 10.3 Å². The summed E-state index contributed by atoms with van der Waals surface area (Å²) < 4.78 is 44.0. The first kappa shape index (κ1) is 16.0. The molecule has 0 aliphatic heterocycles. The van der Waals surface area contributed by atoms with Crippen LogP contribution in [0.5, 0.6) is 5.88 Å². The van der Waals surface area contributed by atoms with E-state index in [0.29, 0.717) is 6.61 Å². The number of carbonyl (C=O) groups excluding carboxylic acids is 1. The maximum absolute atomic E-state index is 12.9. The van der Waals surface area contributed by atoms with Crippen molar-refractivity contribution in [3.63, 3.8) is 0 Å². The topological polar surface area (TPSA) is 51.2 Å². The number of rotatable bonds is 7. The minimum atomic E-state index is -4.66. The van der Waals surface area contributed by atoms with E-state index in [1.54, 1.807) is 0 Å². The second kappa shape index (κ2) is 6.93. The standard InChI is InChI=1S/C13H15F3N2O2/c1-3-4-7-20-11-6-5-10(9(2)17-8-19)12(18-11)13(14,15)16/h5-6,8H,2-4,7H2,1H3,(H,17,19). The van der Waals surface area contributed by atoms with E-state index < -0.39 is 11.9 Å². The van der Waals surface area contributed by atoms with E-state index in [-0.39, 0.29) is 23.6 Å². The second-order valence-corrected chi connectivity index (χ2v) is 3.99. The summed E-state index contributed by atoms with van der Waals surface area (Å²) in [6.07, 6.45) is -2.81. The third-order valence-corrected chi connectivity index (χ3v) is 2.44. The van der Waals surface area contributed by atoms with E-state index in [0.717, 1.165) is 12.8 Å². The molecule has 110 valence electrons. The number of carbonyl (C=O) groups is 1. The lowest BCUT2D eigenvalue weighted by Gasteiger charge is -2.14. The Hall–Kier alpha value is -2.05. The van der Waals surface area contributed by atoms with Gasteiger partial charge in [-0.3, -0.25) is 4.79 Å². The van der Waals surface area contributed by atoms with E-state index >= 15 is 0 Å². The Balaban J connectivity index is 3.07. The van der Waals surface area contributed by atoms with Crippen LogP contribution in [0.2, 0.25) is 0 Å². The van der Waals surface area contributed by atoms with Crippen molar-refractivity contribution in [3.8, 4) is 5.88 Å². The smallest absolute Gasteiger partial charge is 0.434 e. The van der Waals surface area contributed by atoms with Crippen LogP contribution in [-0.2, 0) is 11.0 Å². The first-order valence-corrected chi connectivity index (χ1v) is 6.00. The highest BCUT2D eigenvalue weighted by molar-refractivity contribution is 5.73. The normalized spacial score (nSPS) is 11.0. The maximum Gasteiger partial charge on any atom is 0.434 e. The van der Waals surface area contributed by atoms with Gasteiger partial charge in [0.25, 0.3) is 0 Å². The van der Waals surface area contributed by atoms with Gasteiger partial charge in [-0.1, -0.05) is 19.9 Å². The van der Waals surface area contributed by atoms with Crippen molar-refractivity contribution in [1.29, 1.82) is 0 Å². The SMILES string of the molecule is C=C(NC=O)c1ccc(OCCCC)nc1C(F)(F)F. The Bertz CT molecular complexity index is 487. The third kappa shape index (κ3) is 4.25. The van der Waals surface area contributed by atoms with Gasteiger partial charge in [0, 0.05) is 17.3 Å². The zero-order valence-electron chi connectivity index (χ0n) is 11.0. The molecule has 0 spiro atoms. The summed E-state index contributed by atoms with van der Waals surface area (Å²) in [6, 6.07) is 2.49. The van der Waals surface area contributed by atoms with Gasteiger partial charge < -0.3 is 10.1 Å². The predicted molar refractivity (Wildman–Crippen MR) is 67.9 cm³/mol. The molecule has 0 radical (unpaired) electrons. The van der Waals surface area contributed by atoms with Crippen LogP contribution in [0, 0.1) is 0 Å². The molecule has 0 saturated carbocycles. The number of hydrogen-bond donors (Lipinski definition) is 1. The molecule has 1 aromatic heterocycles. The van der Waals surface area contributed by atoms with Crippen LogP contribution in [0.15, 0.2) is 18.7 Å². The van der Waals surface area contributed by atoms with Gasteiger partial charge in [0.15, 0.2) is 5.69 Å². The molecule has 0 bridgehead atoms. The summed E-state index contributed by atoms with van der Waals surface area (Å²) in [5.74, 6) is -0.103. The van der Waals surface area contributed by atoms with E-state index in [2.05, 4.69) is 16.9 Å². The number of unbranched alkanes of at least 4 members (excludes halogenated alkanes) is 1. The number of nitrogens with one attached hydrogen (secondary N) is 1. The number of halogens is 3. The minimum Gasteiger partial charge on any atom is -0.478 e. The summed E-state index contributed by atoms with van der Waals surface area (Å²) in [5.41, 5.74) is -1.58. The fraction of sp³-hybridized carbons (Fsp3) is 0.385. The molecule has 1 N–H and O–H groups in total. The molecule has 0 aromatic carbocycles. The summed E-state index contributed by atoms with van der Waals surface area (Å²) in [7, 11) is 0. The number of pyridine rings is 1. The van der Waals surface area contributed by atoms with Crippen molar-refractivity contribution < 1.29 is 22.7 Å². The minimum absolute atomic E-state index is 0.103. The van der Waals surface area contributed by atoms with Crippen LogP contribution in [-0.4, -0.2) is 18.0 Å². The molecule has 0 aliphatic rings. The van der Waals surface area contributed by atoms with Crippen LogP contribution in [0.4, 0.5) is 13.2 Å². The highest BCUT2D eigenvalue weighted by Crippen LogP contribution is 2.33. The highest BCUT2D eigenvalue weighted by Gasteiger charge is 2.36. The van der Waals surface area contributed by atoms with Crippen LogP contribution in [0.1, 0.15) is 31.0 Å². The predicted octanol–water partition coefficient (Wildman–Crippen LogP) is 3.00. The fourth-order valence-electron chi connectivity index (χ4n) is 1.45.